The van der Waals surface area contributed by atoms with Crippen molar-refractivity contribution in [3.8, 4) is 5.88 Å². The lowest BCUT2D eigenvalue weighted by atomic mass is 10.0. The summed E-state index contributed by atoms with van der Waals surface area (Å²) in [6.45, 7) is 2.76. The van der Waals surface area contributed by atoms with Gasteiger partial charge in [-0.2, -0.15) is 0 Å². The third-order valence-corrected chi connectivity index (χ3v) is 4.90. The Bertz CT molecular complexity index is 1040. The van der Waals surface area contributed by atoms with Crippen molar-refractivity contribution in [2.75, 3.05) is 6.54 Å². The quantitative estimate of drug-likeness (QED) is 0.411. The molecule has 170 valence electrons. The Morgan fingerprint density at radius 3 is 2.53 bits per heavy atom. The van der Waals surface area contributed by atoms with E-state index in [0.29, 0.717) is 12.1 Å². The normalized spacial score (nSPS) is 13.0. The van der Waals surface area contributed by atoms with E-state index in [2.05, 4.69) is 23.5 Å². The van der Waals surface area contributed by atoms with Gasteiger partial charge >= 0.3 is 5.97 Å². The van der Waals surface area contributed by atoms with Crippen LogP contribution in [0.4, 0.5) is 8.78 Å². The zero-order valence-electron chi connectivity index (χ0n) is 17.6. The Labute approximate surface area is 184 Å². The number of ether oxygens (including phenoxy) is 1. The smallest absolute Gasteiger partial charge is 0.377 e. The molecular weight excluding hydrogens is 420 g/mol. The molecule has 0 aliphatic rings. The van der Waals surface area contributed by atoms with Crippen molar-refractivity contribution in [1.82, 2.24) is 10.5 Å². The van der Waals surface area contributed by atoms with Crippen molar-refractivity contribution < 1.29 is 27.9 Å². The van der Waals surface area contributed by atoms with E-state index in [0.717, 1.165) is 24.1 Å². The van der Waals surface area contributed by atoms with Gasteiger partial charge in [-0.25, -0.2) is 13.6 Å². The fourth-order valence-electron chi connectivity index (χ4n) is 3.29. The Balaban J connectivity index is 1.69. The molecular formula is C23H25F2N3O4. The number of nitrogens with two attached hydrogens (primary N) is 1. The first-order valence-electron chi connectivity index (χ1n) is 10.2. The highest BCUT2D eigenvalue weighted by molar-refractivity contribution is 5.86. The highest BCUT2D eigenvalue weighted by Gasteiger charge is 2.25. The Morgan fingerprint density at radius 1 is 1.16 bits per heavy atom. The Morgan fingerprint density at radius 2 is 1.88 bits per heavy atom. The molecule has 4 N–H and O–H groups in total. The van der Waals surface area contributed by atoms with E-state index < -0.39 is 35.6 Å². The molecule has 0 saturated carbocycles. The second-order valence-corrected chi connectivity index (χ2v) is 7.44. The van der Waals surface area contributed by atoms with Crippen LogP contribution in [0.3, 0.4) is 0 Å². The molecule has 0 amide bonds. The molecule has 0 saturated heterocycles. The molecule has 9 heteroatoms. The number of nitrogens with zero attached hydrogens (tertiary/aromatic N) is 1. The third-order valence-electron chi connectivity index (χ3n) is 4.90. The zero-order chi connectivity index (χ0) is 23.1. The lowest BCUT2D eigenvalue weighted by Gasteiger charge is -2.24. The van der Waals surface area contributed by atoms with E-state index in [9.17, 15) is 18.7 Å². The van der Waals surface area contributed by atoms with Gasteiger partial charge in [-0.3, -0.25) is 0 Å². The molecule has 7 nitrogen and oxygen atoms in total. The maximum Gasteiger partial charge on any atom is 0.377 e. The molecule has 0 bridgehead atoms. The highest BCUT2D eigenvalue weighted by atomic mass is 19.1. The van der Waals surface area contributed by atoms with Gasteiger partial charge in [0.25, 0.3) is 5.88 Å². The van der Waals surface area contributed by atoms with Crippen LogP contribution in [0.5, 0.6) is 5.88 Å². The summed E-state index contributed by atoms with van der Waals surface area (Å²) in [7, 11) is 0. The number of aromatic hydroxyl groups is 1. The Hall–Kier alpha value is -3.30. The van der Waals surface area contributed by atoms with Crippen LogP contribution >= 0.6 is 0 Å². The molecule has 0 radical (unpaired) electrons. The number of nitrogens with one attached hydrogen (secondary N) is 1. The number of aromatic nitrogens is 1. The number of esters is 1. The number of benzene rings is 2. The molecule has 3 rings (SSSR count). The minimum absolute atomic E-state index is 0.0707. The summed E-state index contributed by atoms with van der Waals surface area (Å²) in [6.07, 6.45) is 0.129. The van der Waals surface area contributed by atoms with Crippen LogP contribution in [0.15, 0.2) is 53.1 Å². The van der Waals surface area contributed by atoms with Gasteiger partial charge in [-0.05, 0) is 46.8 Å². The standard InChI is InChI=1S/C23H25F2N3O4/c1-2-14-4-3-5-15(6-14)12-27-13-21(31-23(30)20-11-22(29)28-32-20)19(26)9-16-7-17(24)10-18(25)8-16/h3-8,10-11,19,21,27H,2,9,12-13,26H2,1H3,(H,28,29)/t19-,21+/m0/s1. The van der Waals surface area contributed by atoms with E-state index in [1.54, 1.807) is 0 Å². The molecule has 2 atom stereocenters. The van der Waals surface area contributed by atoms with E-state index >= 15 is 0 Å². The maximum absolute atomic E-state index is 13.5. The number of halogens is 2. The molecule has 32 heavy (non-hydrogen) atoms. The molecule has 1 aromatic heterocycles. The first-order chi connectivity index (χ1) is 15.3. The number of hydrogen-bond acceptors (Lipinski definition) is 7. The van der Waals surface area contributed by atoms with E-state index in [1.165, 1.54) is 17.7 Å². The van der Waals surface area contributed by atoms with Crippen LogP contribution in [0, 0.1) is 11.6 Å². The number of rotatable bonds is 10. The lowest BCUT2D eigenvalue weighted by Crippen LogP contribution is -2.45. The number of aryl methyl sites for hydroxylation is 1. The predicted molar refractivity (Wildman–Crippen MR) is 113 cm³/mol. The zero-order valence-corrected chi connectivity index (χ0v) is 17.6. The van der Waals surface area contributed by atoms with Gasteiger partial charge in [0, 0.05) is 25.2 Å². The average molecular weight is 445 g/mol. The average Bonchev–Trinajstić information content (AvgIpc) is 3.18. The van der Waals surface area contributed by atoms with Crippen molar-refractivity contribution >= 4 is 5.97 Å². The fourth-order valence-corrected chi connectivity index (χ4v) is 3.29. The van der Waals surface area contributed by atoms with Crippen LogP contribution in [-0.4, -0.2) is 34.9 Å². The monoisotopic (exact) mass is 445 g/mol. The topological polar surface area (TPSA) is 111 Å². The van der Waals surface area contributed by atoms with Gasteiger partial charge < -0.3 is 25.4 Å². The van der Waals surface area contributed by atoms with Crippen molar-refractivity contribution in [3.63, 3.8) is 0 Å². The largest absolute Gasteiger partial charge is 0.491 e. The van der Waals surface area contributed by atoms with Crippen LogP contribution < -0.4 is 11.1 Å². The third kappa shape index (κ3) is 6.60. The van der Waals surface area contributed by atoms with E-state index in [4.69, 9.17) is 15.0 Å². The van der Waals surface area contributed by atoms with Gasteiger partial charge in [0.2, 0.25) is 5.76 Å². The summed E-state index contributed by atoms with van der Waals surface area (Å²) in [5.74, 6) is -3.04. The van der Waals surface area contributed by atoms with Crippen LogP contribution in [0.2, 0.25) is 0 Å². The maximum atomic E-state index is 13.5. The second-order valence-electron chi connectivity index (χ2n) is 7.44. The molecule has 0 unspecified atom stereocenters. The van der Waals surface area contributed by atoms with Crippen molar-refractivity contribution in [3.05, 3.63) is 82.6 Å². The van der Waals surface area contributed by atoms with E-state index in [-0.39, 0.29) is 18.7 Å². The van der Waals surface area contributed by atoms with Gasteiger partial charge in [-0.15, -0.1) is 0 Å². The summed E-state index contributed by atoms with van der Waals surface area (Å²) in [5, 5.41) is 15.7. The first-order valence-corrected chi connectivity index (χ1v) is 10.2. The number of carbonyl (C=O) groups excluding carboxylic acids is 1. The summed E-state index contributed by atoms with van der Waals surface area (Å²) in [6, 6.07) is 11.4. The number of carbonyl (C=O) groups is 1. The van der Waals surface area contributed by atoms with Crippen molar-refractivity contribution in [1.29, 1.82) is 0 Å². The molecule has 0 aliphatic carbocycles. The summed E-state index contributed by atoms with van der Waals surface area (Å²) < 4.78 is 37.3. The second kappa shape index (κ2) is 10.8. The van der Waals surface area contributed by atoms with Crippen molar-refractivity contribution in [2.45, 2.75) is 38.5 Å². The molecule has 0 fully saturated rings. The summed E-state index contributed by atoms with van der Waals surface area (Å²) in [5.41, 5.74) is 8.83. The predicted octanol–water partition coefficient (Wildman–Crippen LogP) is 3.11. The minimum Gasteiger partial charge on any atom is -0.491 e. The molecule has 0 aliphatic heterocycles. The lowest BCUT2D eigenvalue weighted by molar-refractivity contribution is 0.0194. The van der Waals surface area contributed by atoms with Crippen LogP contribution in [0.1, 0.15) is 34.2 Å². The molecule has 3 aromatic rings. The summed E-state index contributed by atoms with van der Waals surface area (Å²) in [4.78, 5) is 12.4. The van der Waals surface area contributed by atoms with Crippen molar-refractivity contribution in [2.24, 2.45) is 5.73 Å². The van der Waals surface area contributed by atoms with E-state index in [1.807, 2.05) is 18.2 Å². The molecule has 0 spiro atoms. The van der Waals surface area contributed by atoms with Crippen LogP contribution in [-0.2, 0) is 24.1 Å². The fraction of sp³-hybridized carbons (Fsp3) is 0.304. The van der Waals surface area contributed by atoms with Gasteiger partial charge in [-0.1, -0.05) is 31.2 Å². The summed E-state index contributed by atoms with van der Waals surface area (Å²) >= 11 is 0. The molecule has 1 heterocycles. The number of hydrogen-bond donors (Lipinski definition) is 3. The minimum atomic E-state index is -0.863. The van der Waals surface area contributed by atoms with Gasteiger partial charge in [0.1, 0.15) is 17.7 Å². The van der Waals surface area contributed by atoms with Crippen LogP contribution in [0.25, 0.3) is 0 Å². The SMILES string of the molecule is CCc1cccc(CNC[C@@H](OC(=O)c2cc(O)no2)[C@@H](N)Cc2cc(F)cc(F)c2)c1. The van der Waals surface area contributed by atoms with Gasteiger partial charge in [0.05, 0.1) is 6.07 Å². The Kier molecular flexibility index (Phi) is 7.91. The first kappa shape index (κ1) is 23.4. The van der Waals surface area contributed by atoms with Gasteiger partial charge in [0.15, 0.2) is 0 Å². The highest BCUT2D eigenvalue weighted by Crippen LogP contribution is 2.15. The molecule has 2 aromatic carbocycles.